The largest absolute Gasteiger partial charge is 0.312 e. The lowest BCUT2D eigenvalue weighted by Gasteiger charge is -2.11. The fraction of sp³-hybridized carbons (Fsp3) is 0.250. The van der Waals surface area contributed by atoms with Crippen LogP contribution < -0.4 is 0 Å². The van der Waals surface area contributed by atoms with Crippen LogP contribution in [0.15, 0.2) is 35.4 Å². The van der Waals surface area contributed by atoms with E-state index >= 15 is 0 Å². The van der Waals surface area contributed by atoms with E-state index in [-0.39, 0.29) is 15.7 Å². The van der Waals surface area contributed by atoms with Gasteiger partial charge in [-0.15, -0.1) is 0 Å². The molecule has 3 aromatic rings. The number of benzene rings is 1. The zero-order valence-electron chi connectivity index (χ0n) is 13.0. The molecular formula is C16H16ClN3O2S. The van der Waals surface area contributed by atoms with E-state index in [9.17, 15) is 8.42 Å². The highest BCUT2D eigenvalue weighted by Gasteiger charge is 2.24. The molecule has 0 radical (unpaired) electrons. The average molecular weight is 350 g/mol. The van der Waals surface area contributed by atoms with E-state index in [1.165, 1.54) is 0 Å². The summed E-state index contributed by atoms with van der Waals surface area (Å²) >= 11 is 6.19. The van der Waals surface area contributed by atoms with Crippen LogP contribution in [-0.2, 0) is 16.9 Å². The summed E-state index contributed by atoms with van der Waals surface area (Å²) in [6, 6.07) is 6.95. The summed E-state index contributed by atoms with van der Waals surface area (Å²) in [4.78, 5) is 9.07. The minimum Gasteiger partial charge on any atom is -0.312 e. The number of hydrogen-bond donors (Lipinski definition) is 0. The van der Waals surface area contributed by atoms with Crippen LogP contribution in [0.1, 0.15) is 12.5 Å². The molecule has 0 aliphatic carbocycles. The molecule has 0 bridgehead atoms. The molecule has 23 heavy (non-hydrogen) atoms. The number of hydrogen-bond acceptors (Lipinski definition) is 4. The van der Waals surface area contributed by atoms with E-state index in [1.807, 2.05) is 20.0 Å². The predicted molar refractivity (Wildman–Crippen MR) is 91.4 cm³/mol. The van der Waals surface area contributed by atoms with Crippen LogP contribution in [0.3, 0.4) is 0 Å². The molecule has 0 amide bonds. The number of aryl methyl sites for hydroxylation is 2. The van der Waals surface area contributed by atoms with Gasteiger partial charge in [-0.25, -0.2) is 18.4 Å². The number of imidazole rings is 1. The predicted octanol–water partition coefficient (Wildman–Crippen LogP) is 3.39. The Bertz CT molecular complexity index is 1010. The summed E-state index contributed by atoms with van der Waals surface area (Å²) in [7, 11) is -1.66. The third kappa shape index (κ3) is 2.62. The maximum Gasteiger partial charge on any atom is 0.180 e. The fourth-order valence-electron chi connectivity index (χ4n) is 2.56. The van der Waals surface area contributed by atoms with Gasteiger partial charge in [-0.1, -0.05) is 24.6 Å². The molecule has 0 N–H and O–H groups in total. The lowest BCUT2D eigenvalue weighted by molar-refractivity contribution is 0.597. The Morgan fingerprint density at radius 2 is 2.04 bits per heavy atom. The van der Waals surface area contributed by atoms with Crippen LogP contribution in [0, 0.1) is 6.92 Å². The van der Waals surface area contributed by atoms with Gasteiger partial charge in [0.25, 0.3) is 0 Å². The molecule has 0 spiro atoms. The highest BCUT2D eigenvalue weighted by atomic mass is 35.5. The van der Waals surface area contributed by atoms with Crippen molar-refractivity contribution in [2.24, 2.45) is 7.05 Å². The quantitative estimate of drug-likeness (QED) is 0.727. The molecular weight excluding hydrogens is 334 g/mol. The Labute approximate surface area is 139 Å². The van der Waals surface area contributed by atoms with Crippen molar-refractivity contribution in [3.8, 4) is 11.4 Å². The second kappa shape index (κ2) is 5.62. The van der Waals surface area contributed by atoms with Gasteiger partial charge in [0.1, 0.15) is 11.3 Å². The minimum atomic E-state index is -3.48. The van der Waals surface area contributed by atoms with Gasteiger partial charge in [0.15, 0.2) is 15.5 Å². The normalized spacial score (nSPS) is 12.0. The third-order valence-corrected chi connectivity index (χ3v) is 5.99. The zero-order chi connectivity index (χ0) is 16.8. The second-order valence-electron chi connectivity index (χ2n) is 5.37. The van der Waals surface area contributed by atoms with Crippen molar-refractivity contribution < 1.29 is 8.42 Å². The van der Waals surface area contributed by atoms with Crippen LogP contribution >= 0.6 is 11.6 Å². The summed E-state index contributed by atoms with van der Waals surface area (Å²) in [5, 5.41) is 0.209. The van der Waals surface area contributed by atoms with Crippen LogP contribution in [0.5, 0.6) is 0 Å². The first-order valence-corrected chi connectivity index (χ1v) is 9.19. The molecule has 0 aliphatic heterocycles. The maximum atomic E-state index is 12.5. The highest BCUT2D eigenvalue weighted by Crippen LogP contribution is 2.34. The van der Waals surface area contributed by atoms with Crippen LogP contribution in [0.2, 0.25) is 5.02 Å². The number of rotatable bonds is 3. The molecule has 3 rings (SSSR count). The Hall–Kier alpha value is -1.92. The number of pyridine rings is 1. The van der Waals surface area contributed by atoms with Gasteiger partial charge in [0.2, 0.25) is 0 Å². The number of aromatic nitrogens is 3. The Balaban J connectivity index is 2.36. The van der Waals surface area contributed by atoms with Gasteiger partial charge in [0.05, 0.1) is 15.7 Å². The summed E-state index contributed by atoms with van der Waals surface area (Å²) in [5.74, 6) is 0.512. The lowest BCUT2D eigenvalue weighted by Crippen LogP contribution is -2.08. The first-order valence-electron chi connectivity index (χ1n) is 7.16. The van der Waals surface area contributed by atoms with Crippen molar-refractivity contribution in [1.29, 1.82) is 0 Å². The van der Waals surface area contributed by atoms with Gasteiger partial charge in [-0.05, 0) is 30.7 Å². The summed E-state index contributed by atoms with van der Waals surface area (Å²) in [6.45, 7) is 3.54. The van der Waals surface area contributed by atoms with Crippen molar-refractivity contribution in [3.63, 3.8) is 0 Å². The summed E-state index contributed by atoms with van der Waals surface area (Å²) in [5.41, 5.74) is 2.92. The van der Waals surface area contributed by atoms with Gasteiger partial charge >= 0.3 is 0 Å². The summed E-state index contributed by atoms with van der Waals surface area (Å²) in [6.07, 6.45) is 1.76. The fourth-order valence-corrected chi connectivity index (χ4v) is 4.24. The van der Waals surface area contributed by atoms with E-state index in [1.54, 1.807) is 35.9 Å². The van der Waals surface area contributed by atoms with E-state index in [2.05, 4.69) is 9.97 Å². The smallest absolute Gasteiger partial charge is 0.180 e. The molecule has 0 saturated heterocycles. The summed E-state index contributed by atoms with van der Waals surface area (Å²) < 4.78 is 26.7. The molecule has 0 unspecified atom stereocenters. The number of fused-ring (bicyclic) bond motifs is 1. The molecule has 2 heterocycles. The van der Waals surface area contributed by atoms with E-state index in [0.29, 0.717) is 17.0 Å². The standard InChI is InChI=1S/C16H16ClN3O2S/c1-4-23(21,22)14-11(6-5-7-12(14)17)15-19-13-8-10(2)9-18-16(13)20(15)3/h5-9H,4H2,1-3H3. The Kier molecular flexibility index (Phi) is 3.90. The van der Waals surface area contributed by atoms with E-state index in [4.69, 9.17) is 11.6 Å². The van der Waals surface area contributed by atoms with Crippen molar-refractivity contribution in [3.05, 3.63) is 41.0 Å². The monoisotopic (exact) mass is 349 g/mol. The maximum absolute atomic E-state index is 12.5. The van der Waals surface area contributed by atoms with Crippen LogP contribution in [0.4, 0.5) is 0 Å². The minimum absolute atomic E-state index is 0.0228. The molecule has 5 nitrogen and oxygen atoms in total. The molecule has 0 aliphatic rings. The second-order valence-corrected chi connectivity index (χ2v) is 7.99. The average Bonchev–Trinajstić information content (AvgIpc) is 2.83. The third-order valence-electron chi connectivity index (χ3n) is 3.74. The molecule has 2 aromatic heterocycles. The zero-order valence-corrected chi connectivity index (χ0v) is 14.6. The van der Waals surface area contributed by atoms with Gasteiger partial charge < -0.3 is 4.57 Å². The molecule has 7 heteroatoms. The van der Waals surface area contributed by atoms with Crippen molar-refractivity contribution in [2.75, 3.05) is 5.75 Å². The van der Waals surface area contributed by atoms with Gasteiger partial charge in [0, 0.05) is 18.8 Å². The van der Waals surface area contributed by atoms with Crippen molar-refractivity contribution >= 4 is 32.6 Å². The molecule has 1 aromatic carbocycles. The first kappa shape index (κ1) is 16.0. The number of sulfone groups is 1. The number of nitrogens with zero attached hydrogens (tertiary/aromatic N) is 3. The molecule has 0 saturated carbocycles. The van der Waals surface area contributed by atoms with Gasteiger partial charge in [-0.2, -0.15) is 0 Å². The molecule has 0 atom stereocenters. The van der Waals surface area contributed by atoms with Crippen LogP contribution in [-0.4, -0.2) is 28.7 Å². The highest BCUT2D eigenvalue weighted by molar-refractivity contribution is 7.91. The molecule has 120 valence electrons. The van der Waals surface area contributed by atoms with Gasteiger partial charge in [-0.3, -0.25) is 0 Å². The SMILES string of the molecule is CCS(=O)(=O)c1c(Cl)cccc1-c1nc2cc(C)cnc2n1C. The topological polar surface area (TPSA) is 64.8 Å². The lowest BCUT2D eigenvalue weighted by atomic mass is 10.2. The van der Waals surface area contributed by atoms with Crippen molar-refractivity contribution in [1.82, 2.24) is 14.5 Å². The van der Waals surface area contributed by atoms with Crippen LogP contribution in [0.25, 0.3) is 22.6 Å². The Morgan fingerprint density at radius 1 is 1.30 bits per heavy atom. The number of halogens is 1. The van der Waals surface area contributed by atoms with E-state index in [0.717, 1.165) is 11.1 Å². The van der Waals surface area contributed by atoms with E-state index < -0.39 is 9.84 Å². The first-order chi connectivity index (χ1) is 10.8. The molecule has 0 fully saturated rings. The van der Waals surface area contributed by atoms with Crippen molar-refractivity contribution in [2.45, 2.75) is 18.7 Å². The Morgan fingerprint density at radius 3 is 2.74 bits per heavy atom.